The van der Waals surface area contributed by atoms with Gasteiger partial charge in [0.2, 0.25) is 5.91 Å². The summed E-state index contributed by atoms with van der Waals surface area (Å²) in [6.45, 7) is 4.96. The molecule has 206 valence electrons. The lowest BCUT2D eigenvalue weighted by molar-refractivity contribution is -0.134. The van der Waals surface area contributed by atoms with E-state index in [4.69, 9.17) is 14.6 Å². The summed E-state index contributed by atoms with van der Waals surface area (Å²) in [5, 5.41) is 8.77. The summed E-state index contributed by atoms with van der Waals surface area (Å²) in [7, 11) is 0. The van der Waals surface area contributed by atoms with Crippen molar-refractivity contribution in [3.8, 4) is 0 Å². The summed E-state index contributed by atoms with van der Waals surface area (Å²) in [6.07, 6.45) is 2.59. The quantitative estimate of drug-likeness (QED) is 0.299. The Labute approximate surface area is 223 Å². The number of aliphatic hydroxyl groups is 1. The summed E-state index contributed by atoms with van der Waals surface area (Å²) in [5.41, 5.74) is 1.01. The van der Waals surface area contributed by atoms with Gasteiger partial charge in [-0.25, -0.2) is 4.39 Å². The summed E-state index contributed by atoms with van der Waals surface area (Å²) in [5.74, 6) is -0.171. The molecule has 0 atom stereocenters. The lowest BCUT2D eigenvalue weighted by Gasteiger charge is -2.43. The molecule has 2 aromatic rings. The number of ketones is 1. The molecule has 8 nitrogen and oxygen atoms in total. The minimum atomic E-state index is -0.577. The number of nitrogens with zero attached hydrogens (tertiary/aromatic N) is 3. The molecule has 0 unspecified atom stereocenters. The molecular weight excluding hydrogens is 489 g/mol. The van der Waals surface area contributed by atoms with Gasteiger partial charge in [0.1, 0.15) is 11.4 Å². The molecule has 1 N–H and O–H groups in total. The number of amides is 1. The van der Waals surface area contributed by atoms with Crippen LogP contribution in [0.5, 0.6) is 0 Å². The summed E-state index contributed by atoms with van der Waals surface area (Å²) in [4.78, 5) is 32.6. The van der Waals surface area contributed by atoms with Crippen molar-refractivity contribution in [2.24, 2.45) is 0 Å². The molecule has 38 heavy (non-hydrogen) atoms. The van der Waals surface area contributed by atoms with Crippen LogP contribution in [-0.2, 0) is 14.3 Å². The minimum Gasteiger partial charge on any atom is -0.394 e. The molecule has 1 amide bonds. The van der Waals surface area contributed by atoms with Crippen molar-refractivity contribution < 1.29 is 28.6 Å². The van der Waals surface area contributed by atoms with Crippen LogP contribution < -0.4 is 4.90 Å². The maximum atomic E-state index is 13.7. The number of benzene rings is 2. The van der Waals surface area contributed by atoms with Gasteiger partial charge in [-0.2, -0.15) is 0 Å². The van der Waals surface area contributed by atoms with Gasteiger partial charge in [-0.1, -0.05) is 18.2 Å². The van der Waals surface area contributed by atoms with Crippen LogP contribution in [0.2, 0.25) is 0 Å². The van der Waals surface area contributed by atoms with E-state index in [2.05, 4.69) is 21.9 Å². The van der Waals surface area contributed by atoms with Crippen LogP contribution in [0.4, 0.5) is 10.1 Å². The van der Waals surface area contributed by atoms with E-state index >= 15 is 0 Å². The Morgan fingerprint density at radius 2 is 1.61 bits per heavy atom. The zero-order chi connectivity index (χ0) is 26.8. The van der Waals surface area contributed by atoms with E-state index in [9.17, 15) is 14.0 Å². The minimum absolute atomic E-state index is 0.00870. The number of anilines is 1. The number of halogens is 1. The van der Waals surface area contributed by atoms with Crippen molar-refractivity contribution in [1.82, 2.24) is 9.80 Å². The van der Waals surface area contributed by atoms with Gasteiger partial charge in [0.15, 0.2) is 5.78 Å². The normalized spacial score (nSPS) is 17.5. The monoisotopic (exact) mass is 527 g/mol. The first kappa shape index (κ1) is 28.2. The number of carbonyl (C=O) groups excluding carboxylic acids is 2. The van der Waals surface area contributed by atoms with Gasteiger partial charge in [0, 0.05) is 37.3 Å². The van der Waals surface area contributed by atoms with Gasteiger partial charge in [-0.3, -0.25) is 9.59 Å². The average molecular weight is 528 g/mol. The molecule has 2 heterocycles. The summed E-state index contributed by atoms with van der Waals surface area (Å²) < 4.78 is 24.0. The lowest BCUT2D eigenvalue weighted by atomic mass is 9.85. The number of carbonyl (C=O) groups is 2. The molecule has 0 aliphatic carbocycles. The second kappa shape index (κ2) is 13.8. The van der Waals surface area contributed by atoms with Crippen LogP contribution in [0.25, 0.3) is 0 Å². The molecule has 0 bridgehead atoms. The van der Waals surface area contributed by atoms with E-state index in [0.717, 1.165) is 44.6 Å². The number of Topliss-reactive ketones (excluding diaryl/α,β-unsaturated/α-hetero) is 1. The maximum Gasteiger partial charge on any atom is 0.250 e. The van der Waals surface area contributed by atoms with Gasteiger partial charge < -0.3 is 29.3 Å². The second-order valence-electron chi connectivity index (χ2n) is 9.83. The Balaban J connectivity index is 1.30. The maximum absolute atomic E-state index is 13.7. The molecule has 1 spiro atoms. The predicted octanol–water partition coefficient (Wildman–Crippen LogP) is 2.96. The van der Waals surface area contributed by atoms with Crippen LogP contribution >= 0.6 is 0 Å². The van der Waals surface area contributed by atoms with Crippen LogP contribution in [0.1, 0.15) is 36.0 Å². The number of hydrogen-bond donors (Lipinski definition) is 1. The number of para-hydroxylation sites is 1. The van der Waals surface area contributed by atoms with Crippen molar-refractivity contribution in [2.75, 3.05) is 70.8 Å². The number of ether oxygens (including phenoxy) is 2. The molecule has 2 saturated heterocycles. The predicted molar refractivity (Wildman–Crippen MR) is 143 cm³/mol. The molecule has 2 fully saturated rings. The number of rotatable bonds is 14. The first-order chi connectivity index (χ1) is 18.5. The highest BCUT2D eigenvalue weighted by molar-refractivity contribution is 5.96. The van der Waals surface area contributed by atoms with Crippen molar-refractivity contribution in [3.63, 3.8) is 0 Å². The van der Waals surface area contributed by atoms with E-state index < -0.39 is 5.54 Å². The molecule has 9 heteroatoms. The highest BCUT2D eigenvalue weighted by Gasteiger charge is 2.53. The topological polar surface area (TPSA) is 82.6 Å². The summed E-state index contributed by atoms with van der Waals surface area (Å²) in [6, 6.07) is 15.8. The van der Waals surface area contributed by atoms with Crippen LogP contribution in [-0.4, -0.2) is 98.0 Å². The fraction of sp³-hybridized carbons (Fsp3) is 0.517. The Kier molecular flexibility index (Phi) is 10.2. The van der Waals surface area contributed by atoms with Gasteiger partial charge in [-0.05, 0) is 62.2 Å². The third-order valence-corrected chi connectivity index (χ3v) is 7.42. The van der Waals surface area contributed by atoms with Crippen molar-refractivity contribution in [2.45, 2.75) is 31.2 Å². The van der Waals surface area contributed by atoms with Crippen molar-refractivity contribution in [1.29, 1.82) is 0 Å². The Morgan fingerprint density at radius 3 is 2.29 bits per heavy atom. The number of aliphatic hydroxyl groups excluding tert-OH is 1. The number of hydrogen-bond acceptors (Lipinski definition) is 7. The van der Waals surface area contributed by atoms with E-state index in [1.54, 1.807) is 0 Å². The standard InChI is InChI=1S/C29H38FN3O5/c30-25-10-8-24(9-11-25)27(35)7-4-14-31-15-12-29(13-16-31)28(36)32(17-19-37-21-22-38-20-18-34)23-33(29)26-5-2-1-3-6-26/h1-3,5-6,8-11,34H,4,7,12-23H2. The molecule has 4 rings (SSSR count). The highest BCUT2D eigenvalue weighted by atomic mass is 19.1. The van der Waals surface area contributed by atoms with Gasteiger partial charge in [0.25, 0.3) is 0 Å². The second-order valence-corrected chi connectivity index (χ2v) is 9.83. The molecule has 0 aromatic heterocycles. The number of piperidine rings is 1. The van der Waals surface area contributed by atoms with Gasteiger partial charge >= 0.3 is 0 Å². The molecule has 2 aliphatic rings. The first-order valence-corrected chi connectivity index (χ1v) is 13.4. The first-order valence-electron chi connectivity index (χ1n) is 13.4. The van der Waals surface area contributed by atoms with E-state index in [-0.39, 0.29) is 24.1 Å². The molecule has 2 aromatic carbocycles. The lowest BCUT2D eigenvalue weighted by Crippen LogP contribution is -2.56. The third-order valence-electron chi connectivity index (χ3n) is 7.42. The fourth-order valence-corrected chi connectivity index (χ4v) is 5.32. The Bertz CT molecular complexity index is 1030. The number of likely N-dealkylation sites (tertiary alicyclic amines) is 1. The fourth-order valence-electron chi connectivity index (χ4n) is 5.32. The zero-order valence-corrected chi connectivity index (χ0v) is 21.9. The molecule has 0 saturated carbocycles. The third kappa shape index (κ3) is 6.96. The van der Waals surface area contributed by atoms with Crippen LogP contribution in [0.15, 0.2) is 54.6 Å². The summed E-state index contributed by atoms with van der Waals surface area (Å²) >= 11 is 0. The van der Waals surface area contributed by atoms with Gasteiger partial charge in [0.05, 0.1) is 39.7 Å². The molecular formula is C29H38FN3O5. The Morgan fingerprint density at radius 1 is 0.921 bits per heavy atom. The van der Waals surface area contributed by atoms with Crippen LogP contribution in [0.3, 0.4) is 0 Å². The van der Waals surface area contributed by atoms with Gasteiger partial charge in [-0.15, -0.1) is 0 Å². The van der Waals surface area contributed by atoms with E-state index in [1.165, 1.54) is 24.3 Å². The van der Waals surface area contributed by atoms with Crippen molar-refractivity contribution in [3.05, 3.63) is 66.0 Å². The Hall–Kier alpha value is -2.85. The SMILES string of the molecule is O=C(CCCN1CCC2(CC1)C(=O)N(CCOCCOCCO)CN2c1ccccc1)c1ccc(F)cc1. The highest BCUT2D eigenvalue weighted by Crippen LogP contribution is 2.39. The molecule has 0 radical (unpaired) electrons. The van der Waals surface area contributed by atoms with E-state index in [0.29, 0.717) is 51.6 Å². The smallest absolute Gasteiger partial charge is 0.250 e. The average Bonchev–Trinajstić information content (AvgIpc) is 3.21. The molecule has 2 aliphatic heterocycles. The zero-order valence-electron chi connectivity index (χ0n) is 21.9. The largest absolute Gasteiger partial charge is 0.394 e. The van der Waals surface area contributed by atoms with E-state index in [1.807, 2.05) is 23.1 Å². The van der Waals surface area contributed by atoms with Crippen molar-refractivity contribution >= 4 is 17.4 Å². The van der Waals surface area contributed by atoms with Crippen LogP contribution in [0, 0.1) is 5.82 Å².